The molecule has 0 bridgehead atoms. The van der Waals surface area contributed by atoms with Crippen LogP contribution >= 0.6 is 0 Å². The van der Waals surface area contributed by atoms with Crippen molar-refractivity contribution in [2.75, 3.05) is 36.6 Å². The molecule has 7 heteroatoms. The van der Waals surface area contributed by atoms with Crippen LogP contribution < -0.4 is 16.2 Å². The van der Waals surface area contributed by atoms with Crippen molar-refractivity contribution in [3.05, 3.63) is 11.9 Å². The van der Waals surface area contributed by atoms with Gasteiger partial charge in [0.05, 0.1) is 19.3 Å². The molecule has 0 spiro atoms. The monoisotopic (exact) mass is 295 g/mol. The van der Waals surface area contributed by atoms with E-state index in [9.17, 15) is 0 Å². The van der Waals surface area contributed by atoms with Gasteiger partial charge in [-0.15, -0.1) is 0 Å². The smallest absolute Gasteiger partial charge is 0.148 e. The first-order valence-corrected chi connectivity index (χ1v) is 7.46. The molecule has 0 radical (unpaired) electrons. The van der Waals surface area contributed by atoms with Gasteiger partial charge < -0.3 is 20.2 Å². The first-order valence-electron chi connectivity index (χ1n) is 7.46. The van der Waals surface area contributed by atoms with E-state index < -0.39 is 0 Å². The fraction of sp³-hybridized carbons (Fsp3) is 0.714. The molecule has 2 rings (SSSR count). The van der Waals surface area contributed by atoms with Crippen molar-refractivity contribution in [2.24, 2.45) is 5.84 Å². The number of rotatable bonds is 6. The minimum Gasteiger partial charge on any atom is -0.394 e. The maximum atomic E-state index is 8.81. The zero-order valence-corrected chi connectivity index (χ0v) is 12.7. The summed E-state index contributed by atoms with van der Waals surface area (Å²) in [4.78, 5) is 10.9. The Kier molecular flexibility index (Phi) is 5.72. The summed E-state index contributed by atoms with van der Waals surface area (Å²) in [6, 6.07) is 0. The second kappa shape index (κ2) is 7.53. The predicted octanol–water partition coefficient (Wildman–Crippen LogP) is 0.863. The Morgan fingerprint density at radius 2 is 2.14 bits per heavy atom. The summed E-state index contributed by atoms with van der Waals surface area (Å²) >= 11 is 0. The number of nitrogen functional groups attached to an aromatic ring is 1. The second-order valence-corrected chi connectivity index (χ2v) is 5.54. The van der Waals surface area contributed by atoms with Crippen LogP contribution in [-0.4, -0.2) is 47.5 Å². The van der Waals surface area contributed by atoms with Crippen LogP contribution in [0.2, 0.25) is 0 Å². The average molecular weight is 295 g/mol. The zero-order chi connectivity index (χ0) is 15.2. The second-order valence-electron chi connectivity index (χ2n) is 5.54. The van der Waals surface area contributed by atoms with Gasteiger partial charge in [-0.3, -0.25) is 0 Å². The third kappa shape index (κ3) is 3.81. The maximum Gasteiger partial charge on any atom is 0.148 e. The Balaban J connectivity index is 2.09. The summed E-state index contributed by atoms with van der Waals surface area (Å²) in [5.74, 6) is 7.49. The van der Waals surface area contributed by atoms with E-state index in [0.29, 0.717) is 12.4 Å². The van der Waals surface area contributed by atoms with Crippen LogP contribution in [0.3, 0.4) is 0 Å². The van der Waals surface area contributed by atoms with E-state index in [2.05, 4.69) is 34.1 Å². The van der Waals surface area contributed by atoms with E-state index in [1.165, 1.54) is 0 Å². The lowest BCUT2D eigenvalue weighted by molar-refractivity contribution is 0.0158. The lowest BCUT2D eigenvalue weighted by atomic mass is 10.0. The van der Waals surface area contributed by atoms with E-state index in [-0.39, 0.29) is 18.6 Å². The van der Waals surface area contributed by atoms with Gasteiger partial charge >= 0.3 is 0 Å². The number of aliphatic hydroxyl groups excluding tert-OH is 1. The van der Waals surface area contributed by atoms with Gasteiger partial charge in [-0.1, -0.05) is 13.8 Å². The molecule has 7 nitrogen and oxygen atoms in total. The minimum absolute atomic E-state index is 0.0785. The van der Waals surface area contributed by atoms with Crippen molar-refractivity contribution in [2.45, 2.75) is 38.7 Å². The molecule has 0 atom stereocenters. The molecule has 1 aliphatic rings. The van der Waals surface area contributed by atoms with Crippen molar-refractivity contribution in [3.63, 3.8) is 0 Å². The van der Waals surface area contributed by atoms with Gasteiger partial charge in [-0.2, -0.15) is 0 Å². The van der Waals surface area contributed by atoms with Gasteiger partial charge in [-0.25, -0.2) is 15.8 Å². The molecule has 1 aromatic heterocycles. The highest BCUT2D eigenvalue weighted by atomic mass is 16.5. The van der Waals surface area contributed by atoms with Gasteiger partial charge in [-0.05, 0) is 18.8 Å². The van der Waals surface area contributed by atoms with Crippen LogP contribution in [0.4, 0.5) is 11.6 Å². The zero-order valence-electron chi connectivity index (χ0n) is 12.7. The number of aromatic nitrogens is 2. The van der Waals surface area contributed by atoms with Crippen molar-refractivity contribution in [3.8, 4) is 0 Å². The fourth-order valence-electron chi connectivity index (χ4n) is 2.74. The first kappa shape index (κ1) is 15.9. The summed E-state index contributed by atoms with van der Waals surface area (Å²) < 4.78 is 5.60. The predicted molar refractivity (Wildman–Crippen MR) is 82.2 cm³/mol. The Hall–Kier alpha value is -1.44. The maximum absolute atomic E-state index is 8.81. The molecule has 118 valence electrons. The summed E-state index contributed by atoms with van der Waals surface area (Å²) in [5, 5.41) is 8.81. The molecule has 0 unspecified atom stereocenters. The number of hydrazine groups is 1. The largest absolute Gasteiger partial charge is 0.394 e. The van der Waals surface area contributed by atoms with Crippen LogP contribution in [0.25, 0.3) is 0 Å². The van der Waals surface area contributed by atoms with E-state index in [0.717, 1.165) is 37.3 Å². The highest BCUT2D eigenvalue weighted by molar-refractivity contribution is 5.60. The molecule has 21 heavy (non-hydrogen) atoms. The highest BCUT2D eigenvalue weighted by Gasteiger charge is 2.24. The van der Waals surface area contributed by atoms with Crippen molar-refractivity contribution < 1.29 is 9.84 Å². The van der Waals surface area contributed by atoms with Crippen LogP contribution in [0.15, 0.2) is 6.33 Å². The van der Waals surface area contributed by atoms with Crippen molar-refractivity contribution in [1.29, 1.82) is 0 Å². The van der Waals surface area contributed by atoms with E-state index in [1.54, 1.807) is 6.33 Å². The molecule has 0 saturated carbocycles. The van der Waals surface area contributed by atoms with Crippen molar-refractivity contribution in [1.82, 2.24) is 9.97 Å². The number of hydrogen-bond acceptors (Lipinski definition) is 7. The lowest BCUT2D eigenvalue weighted by Crippen LogP contribution is -2.38. The Labute approximate surface area is 125 Å². The summed E-state index contributed by atoms with van der Waals surface area (Å²) in [6.07, 6.45) is 3.65. The van der Waals surface area contributed by atoms with Gasteiger partial charge in [0, 0.05) is 18.7 Å². The Morgan fingerprint density at radius 3 is 2.71 bits per heavy atom. The summed E-state index contributed by atoms with van der Waals surface area (Å²) in [5.41, 5.74) is 3.71. The van der Waals surface area contributed by atoms with Gasteiger partial charge in [0.2, 0.25) is 0 Å². The SMILES string of the molecule is CC(C)c1c(NN)ncnc1N1CCC(OCCO)CC1. The number of nitrogens with one attached hydrogen (secondary N) is 1. The average Bonchev–Trinajstić information content (AvgIpc) is 2.52. The number of nitrogens with two attached hydrogens (primary N) is 1. The molecule has 1 aliphatic heterocycles. The number of aliphatic hydroxyl groups is 1. The normalized spacial score (nSPS) is 16.5. The van der Waals surface area contributed by atoms with Crippen LogP contribution in [0.1, 0.15) is 38.2 Å². The number of ether oxygens (including phenoxy) is 1. The molecular weight excluding hydrogens is 270 g/mol. The van der Waals surface area contributed by atoms with Crippen molar-refractivity contribution >= 4 is 11.6 Å². The molecule has 2 heterocycles. The number of hydrogen-bond donors (Lipinski definition) is 3. The van der Waals surface area contributed by atoms with E-state index in [4.69, 9.17) is 15.7 Å². The first-order chi connectivity index (χ1) is 10.2. The molecule has 1 saturated heterocycles. The van der Waals surface area contributed by atoms with E-state index in [1.807, 2.05) is 0 Å². The number of anilines is 2. The molecule has 0 aliphatic carbocycles. The molecule has 1 aromatic rings. The number of piperidine rings is 1. The minimum atomic E-state index is 0.0785. The Bertz CT molecular complexity index is 447. The van der Waals surface area contributed by atoms with Gasteiger partial charge in [0.25, 0.3) is 0 Å². The van der Waals surface area contributed by atoms with E-state index >= 15 is 0 Å². The fourth-order valence-corrected chi connectivity index (χ4v) is 2.74. The number of nitrogens with zero attached hydrogens (tertiary/aromatic N) is 3. The highest BCUT2D eigenvalue weighted by Crippen LogP contribution is 2.32. The van der Waals surface area contributed by atoms with Crippen LogP contribution in [0, 0.1) is 0 Å². The molecule has 1 fully saturated rings. The van der Waals surface area contributed by atoms with Gasteiger partial charge in [0.1, 0.15) is 18.0 Å². The summed E-state index contributed by atoms with van der Waals surface area (Å²) in [7, 11) is 0. The molecule has 0 aromatic carbocycles. The third-order valence-corrected chi connectivity index (χ3v) is 3.76. The third-order valence-electron chi connectivity index (χ3n) is 3.76. The summed E-state index contributed by atoms with van der Waals surface area (Å²) in [6.45, 7) is 6.49. The topological polar surface area (TPSA) is 96.5 Å². The standard InChI is InChI=1S/C14H25N5O2/c1-10(2)12-13(18-15)16-9-17-14(12)19-5-3-11(4-6-19)21-8-7-20/h9-11,20H,3-8,15H2,1-2H3,(H,16,17,18). The lowest BCUT2D eigenvalue weighted by Gasteiger charge is -2.34. The molecule has 4 N–H and O–H groups in total. The van der Waals surface area contributed by atoms with Gasteiger partial charge in [0.15, 0.2) is 0 Å². The van der Waals surface area contributed by atoms with Crippen LogP contribution in [-0.2, 0) is 4.74 Å². The van der Waals surface area contributed by atoms with Crippen LogP contribution in [0.5, 0.6) is 0 Å². The Morgan fingerprint density at radius 1 is 1.43 bits per heavy atom. The molecule has 0 amide bonds. The quantitative estimate of drug-likeness (QED) is 0.529. The molecular formula is C14H25N5O2.